The highest BCUT2D eigenvalue weighted by atomic mass is 16.6. The Bertz CT molecular complexity index is 998. The number of esters is 1. The highest BCUT2D eigenvalue weighted by Crippen LogP contribution is 2.40. The van der Waals surface area contributed by atoms with Crippen LogP contribution in [0.1, 0.15) is 17.3 Å². The van der Waals surface area contributed by atoms with Crippen molar-refractivity contribution in [3.05, 3.63) is 35.9 Å². The number of aliphatic hydroxyl groups is 5. The maximum Gasteiger partial charge on any atom is 0.449 e. The zero-order chi connectivity index (χ0) is 26.3. The van der Waals surface area contributed by atoms with Crippen molar-refractivity contribution < 1.29 is 53.9 Å². The maximum atomic E-state index is 13.6. The number of nitrogens with one attached hydrogen (secondary N) is 2. The number of aliphatic hydroxyl groups excluding tert-OH is 5. The summed E-state index contributed by atoms with van der Waals surface area (Å²) >= 11 is 0. The normalized spacial score (nSPS) is 42.4. The van der Waals surface area contributed by atoms with E-state index in [1.165, 1.54) is 18.3 Å². The molecule has 14 heteroatoms. The molecular formula is C22H31N4O10+. The summed E-state index contributed by atoms with van der Waals surface area (Å²) in [5.74, 6) is -0.795. The predicted molar refractivity (Wildman–Crippen MR) is 120 cm³/mol. The lowest BCUT2D eigenvalue weighted by atomic mass is 10.1. The molecule has 3 aliphatic rings. The van der Waals surface area contributed by atoms with E-state index in [0.717, 1.165) is 0 Å². The van der Waals surface area contributed by atoms with Crippen LogP contribution in [0, 0.1) is 0 Å². The molecule has 0 radical (unpaired) electrons. The fourth-order valence-electron chi connectivity index (χ4n) is 4.55. The van der Waals surface area contributed by atoms with Crippen LogP contribution in [-0.4, -0.2) is 123 Å². The average molecular weight is 512 g/mol. The van der Waals surface area contributed by atoms with Crippen molar-refractivity contribution in [2.24, 2.45) is 5.10 Å². The van der Waals surface area contributed by atoms with Crippen molar-refractivity contribution >= 4 is 18.2 Å². The third-order valence-corrected chi connectivity index (χ3v) is 6.75. The van der Waals surface area contributed by atoms with Gasteiger partial charge in [-0.05, 0) is 26.1 Å². The van der Waals surface area contributed by atoms with Gasteiger partial charge < -0.3 is 39.7 Å². The molecule has 2 unspecified atom stereocenters. The zero-order valence-electron chi connectivity index (χ0n) is 19.7. The van der Waals surface area contributed by atoms with Crippen LogP contribution in [0.2, 0.25) is 0 Å². The van der Waals surface area contributed by atoms with Crippen molar-refractivity contribution in [1.29, 1.82) is 0 Å². The van der Waals surface area contributed by atoms with Crippen LogP contribution in [0.4, 0.5) is 4.79 Å². The molecule has 1 aromatic carbocycles. The van der Waals surface area contributed by atoms with Gasteiger partial charge in [-0.2, -0.15) is 0 Å². The molecule has 36 heavy (non-hydrogen) atoms. The summed E-state index contributed by atoms with van der Waals surface area (Å²) in [4.78, 5) is 26.3. The lowest BCUT2D eigenvalue weighted by Gasteiger charge is -2.44. The summed E-state index contributed by atoms with van der Waals surface area (Å²) in [6, 6.07) is 7.07. The number of benzene rings is 1. The van der Waals surface area contributed by atoms with E-state index >= 15 is 0 Å². The predicted octanol–water partition coefficient (Wildman–Crippen LogP) is -2.81. The fraction of sp³-hybridized carbons (Fsp3) is 0.591. The Labute approximate surface area is 206 Å². The Hall–Kier alpha value is -2.53. The van der Waals surface area contributed by atoms with Gasteiger partial charge in [0.2, 0.25) is 0 Å². The van der Waals surface area contributed by atoms with Gasteiger partial charge in [0.15, 0.2) is 18.3 Å². The topological polar surface area (TPSA) is 199 Å². The highest BCUT2D eigenvalue weighted by Gasteiger charge is 2.69. The molecule has 3 heterocycles. The second-order valence-corrected chi connectivity index (χ2v) is 9.07. The van der Waals surface area contributed by atoms with Gasteiger partial charge in [0.1, 0.15) is 30.2 Å². The van der Waals surface area contributed by atoms with Gasteiger partial charge in [0.05, 0.1) is 18.8 Å². The number of urea groups is 1. The van der Waals surface area contributed by atoms with Crippen molar-refractivity contribution in [3.63, 3.8) is 0 Å². The summed E-state index contributed by atoms with van der Waals surface area (Å²) in [7, 11) is 1.57. The van der Waals surface area contributed by atoms with Gasteiger partial charge in [-0.25, -0.2) is 9.59 Å². The summed E-state index contributed by atoms with van der Waals surface area (Å²) < 4.78 is 15.6. The first-order valence-electron chi connectivity index (χ1n) is 11.4. The minimum Gasteiger partial charge on any atom is -0.453 e. The highest BCUT2D eigenvalue weighted by molar-refractivity contribution is 5.89. The molecule has 1 aromatic rings. The first-order chi connectivity index (χ1) is 17.1. The Morgan fingerprint density at radius 1 is 1.08 bits per heavy atom. The van der Waals surface area contributed by atoms with Crippen LogP contribution in [-0.2, 0) is 14.2 Å². The number of hydrogen-bond acceptors (Lipinski definition) is 12. The Kier molecular flexibility index (Phi) is 7.43. The smallest absolute Gasteiger partial charge is 0.449 e. The van der Waals surface area contributed by atoms with Gasteiger partial charge in [0, 0.05) is 0 Å². The number of hydrogen-bond donors (Lipinski definition) is 7. The van der Waals surface area contributed by atoms with E-state index in [2.05, 4.69) is 15.7 Å². The standard InChI is InChI=1S/C22H30N4O10/c1-22(23-2)10-24-26(21(33)25-22,18-15(30)14(29)12(8-27)34-18)19-16(31)17(13(9-28)35-19)36-20(32)11-6-4-3-5-7-11/h3-7,10,12-19,23,27-31H,8-9H2,1-2H3/p+1/t12-,13-,14-,15-,16+,17-,18-,19-,22?,26?/m1/s1. The summed E-state index contributed by atoms with van der Waals surface area (Å²) in [6.45, 7) is 0.251. The minimum absolute atomic E-state index is 0.190. The lowest BCUT2D eigenvalue weighted by molar-refractivity contribution is -0.954. The molecule has 2 amide bonds. The van der Waals surface area contributed by atoms with Crippen LogP contribution >= 0.6 is 0 Å². The van der Waals surface area contributed by atoms with E-state index in [-0.39, 0.29) is 5.56 Å². The molecular weight excluding hydrogens is 480 g/mol. The summed E-state index contributed by atoms with van der Waals surface area (Å²) in [5, 5.41) is 61.7. The number of carbonyl (C=O) groups is 2. The quantitative estimate of drug-likeness (QED) is 0.147. The maximum absolute atomic E-state index is 13.6. The monoisotopic (exact) mass is 511 g/mol. The van der Waals surface area contributed by atoms with E-state index in [0.29, 0.717) is 0 Å². The first-order valence-corrected chi connectivity index (χ1v) is 11.4. The second kappa shape index (κ2) is 10.1. The molecule has 3 aliphatic heterocycles. The summed E-state index contributed by atoms with van der Waals surface area (Å²) in [5.41, 5.74) is -0.924. The number of carbonyl (C=O) groups excluding carboxylic acids is 2. The van der Waals surface area contributed by atoms with E-state index in [9.17, 15) is 35.1 Å². The largest absolute Gasteiger partial charge is 0.453 e. The van der Waals surface area contributed by atoms with Gasteiger partial charge in [-0.15, -0.1) is 0 Å². The summed E-state index contributed by atoms with van der Waals surface area (Å²) in [6.07, 6.45) is -10.9. The van der Waals surface area contributed by atoms with E-state index in [1.807, 2.05) is 0 Å². The third kappa shape index (κ3) is 4.30. The lowest BCUT2D eigenvalue weighted by Crippen LogP contribution is -2.76. The molecule has 14 nitrogen and oxygen atoms in total. The van der Waals surface area contributed by atoms with Crippen molar-refractivity contribution in [2.75, 3.05) is 20.3 Å². The molecule has 0 saturated carbocycles. The fourth-order valence-corrected chi connectivity index (χ4v) is 4.55. The van der Waals surface area contributed by atoms with E-state index < -0.39 is 84.5 Å². The van der Waals surface area contributed by atoms with Crippen LogP contribution < -0.4 is 10.6 Å². The number of quaternary nitrogens is 1. The van der Waals surface area contributed by atoms with E-state index in [1.54, 1.807) is 32.2 Å². The van der Waals surface area contributed by atoms with Crippen molar-refractivity contribution in [1.82, 2.24) is 10.6 Å². The van der Waals surface area contributed by atoms with Crippen molar-refractivity contribution in [2.45, 2.75) is 61.7 Å². The van der Waals surface area contributed by atoms with Crippen LogP contribution in [0.25, 0.3) is 0 Å². The molecule has 2 fully saturated rings. The zero-order valence-corrected chi connectivity index (χ0v) is 19.7. The SMILES string of the molecule is CNC1(C)C=N[N+]([C@@H]2O[C@H](CO)[C@@H](O)[C@H]2O)([C@@H]2O[C@H](CO)[C@@H](OC(=O)c3ccccc3)[C@@H]2O)C(=O)N1. The Morgan fingerprint density at radius 3 is 2.25 bits per heavy atom. The molecule has 0 spiro atoms. The molecule has 0 aliphatic carbocycles. The molecule has 198 valence electrons. The van der Waals surface area contributed by atoms with Gasteiger partial charge in [-0.3, -0.25) is 10.6 Å². The molecule has 0 aromatic heterocycles. The molecule has 0 bridgehead atoms. The second-order valence-electron chi connectivity index (χ2n) is 9.07. The number of rotatable bonds is 7. The minimum atomic E-state index is -1.72. The number of amides is 2. The molecule has 2 saturated heterocycles. The molecule has 4 rings (SSSR count). The van der Waals surface area contributed by atoms with Crippen LogP contribution in [0.5, 0.6) is 0 Å². The number of nitrogens with zero attached hydrogens (tertiary/aromatic N) is 2. The average Bonchev–Trinajstić information content (AvgIpc) is 3.36. The Morgan fingerprint density at radius 2 is 1.69 bits per heavy atom. The van der Waals surface area contributed by atoms with Crippen LogP contribution in [0.15, 0.2) is 35.4 Å². The van der Waals surface area contributed by atoms with Gasteiger partial charge in [-0.1, -0.05) is 27.9 Å². The first kappa shape index (κ1) is 26.5. The van der Waals surface area contributed by atoms with Gasteiger partial charge >= 0.3 is 12.0 Å². The Balaban J connectivity index is 1.72. The molecule has 10 atom stereocenters. The third-order valence-electron chi connectivity index (χ3n) is 6.75. The molecule has 7 N–H and O–H groups in total. The van der Waals surface area contributed by atoms with E-state index in [4.69, 9.17) is 14.2 Å². The van der Waals surface area contributed by atoms with Crippen molar-refractivity contribution in [3.8, 4) is 0 Å². The number of ether oxygens (including phenoxy) is 3. The van der Waals surface area contributed by atoms with Crippen LogP contribution in [0.3, 0.4) is 0 Å². The van der Waals surface area contributed by atoms with Gasteiger partial charge in [0.25, 0.3) is 12.5 Å².